The van der Waals surface area contributed by atoms with Crippen molar-refractivity contribution in [2.24, 2.45) is 0 Å². The Hall–Kier alpha value is -2.69. The summed E-state index contributed by atoms with van der Waals surface area (Å²) in [7, 11) is -3.49. The summed E-state index contributed by atoms with van der Waals surface area (Å²) >= 11 is 1.30. The van der Waals surface area contributed by atoms with Crippen molar-refractivity contribution in [1.29, 1.82) is 0 Å². The Morgan fingerprint density at radius 3 is 2.41 bits per heavy atom. The molecule has 0 aliphatic carbocycles. The Morgan fingerprint density at radius 2 is 1.72 bits per heavy atom. The van der Waals surface area contributed by atoms with Gasteiger partial charge in [-0.15, -0.1) is 10.2 Å². The van der Waals surface area contributed by atoms with Crippen LogP contribution in [0.15, 0.2) is 71.0 Å². The molecule has 0 spiro atoms. The number of amides is 1. The van der Waals surface area contributed by atoms with Gasteiger partial charge in [-0.3, -0.25) is 9.36 Å². The number of hydrogen-bond acceptors (Lipinski definition) is 6. The molecule has 1 fully saturated rings. The van der Waals surface area contributed by atoms with Crippen molar-refractivity contribution in [3.63, 3.8) is 0 Å². The van der Waals surface area contributed by atoms with Crippen LogP contribution in [0.4, 0.5) is 5.69 Å². The van der Waals surface area contributed by atoms with Gasteiger partial charge in [0.05, 0.1) is 10.1 Å². The Balaban J connectivity index is 1.40. The molecule has 0 bridgehead atoms. The molecule has 1 atom stereocenters. The summed E-state index contributed by atoms with van der Waals surface area (Å²) in [6.45, 7) is 2.91. The highest BCUT2D eigenvalue weighted by molar-refractivity contribution is 8.00. The second-order valence-corrected chi connectivity index (χ2v) is 10.8. The molecule has 2 aromatic carbocycles. The number of rotatable bonds is 7. The van der Waals surface area contributed by atoms with E-state index < -0.39 is 15.3 Å². The third kappa shape index (κ3) is 5.03. The number of thioether (sulfide) groups is 1. The van der Waals surface area contributed by atoms with Gasteiger partial charge in [-0.1, -0.05) is 36.4 Å². The molecule has 8 nitrogen and oxygen atoms in total. The minimum absolute atomic E-state index is 0.204. The highest BCUT2D eigenvalue weighted by Crippen LogP contribution is 2.26. The van der Waals surface area contributed by atoms with E-state index in [-0.39, 0.29) is 10.8 Å². The molecule has 1 amide bonds. The maximum atomic E-state index is 12.8. The molecule has 10 heteroatoms. The van der Waals surface area contributed by atoms with E-state index in [0.29, 0.717) is 23.9 Å². The predicted octanol–water partition coefficient (Wildman–Crippen LogP) is 3.56. The van der Waals surface area contributed by atoms with Crippen LogP contribution in [0.3, 0.4) is 0 Å². The van der Waals surface area contributed by atoms with Crippen molar-refractivity contribution < 1.29 is 13.2 Å². The molecule has 168 valence electrons. The van der Waals surface area contributed by atoms with Crippen molar-refractivity contribution in [3.8, 4) is 5.69 Å². The second kappa shape index (κ2) is 9.85. The van der Waals surface area contributed by atoms with Crippen LogP contribution in [-0.2, 0) is 14.8 Å². The van der Waals surface area contributed by atoms with Gasteiger partial charge in [0.25, 0.3) is 0 Å². The summed E-state index contributed by atoms with van der Waals surface area (Å²) in [6, 6.07) is 16.0. The SMILES string of the molecule is CC(Sc1nncn1-c1ccccc1)C(=O)Nc1ccc(S(=O)(=O)N2CCCCC2)cc1. The fourth-order valence-electron chi connectivity index (χ4n) is 3.49. The van der Waals surface area contributed by atoms with Crippen LogP contribution in [0, 0.1) is 0 Å². The van der Waals surface area contributed by atoms with E-state index in [1.807, 2.05) is 34.9 Å². The van der Waals surface area contributed by atoms with Crippen molar-refractivity contribution in [3.05, 3.63) is 60.9 Å². The van der Waals surface area contributed by atoms with Gasteiger partial charge in [-0.25, -0.2) is 8.42 Å². The number of hydrogen-bond donors (Lipinski definition) is 1. The number of anilines is 1. The van der Waals surface area contributed by atoms with Gasteiger partial charge >= 0.3 is 0 Å². The summed E-state index contributed by atoms with van der Waals surface area (Å²) in [5, 5.41) is 11.1. The maximum absolute atomic E-state index is 12.8. The number of nitrogens with zero attached hydrogens (tertiary/aromatic N) is 4. The summed E-state index contributed by atoms with van der Waals surface area (Å²) in [6.07, 6.45) is 4.46. The van der Waals surface area contributed by atoms with E-state index in [9.17, 15) is 13.2 Å². The first-order chi connectivity index (χ1) is 15.4. The van der Waals surface area contributed by atoms with Crippen LogP contribution in [0.5, 0.6) is 0 Å². The first-order valence-corrected chi connectivity index (χ1v) is 12.8. The van der Waals surface area contributed by atoms with E-state index >= 15 is 0 Å². The number of carbonyl (C=O) groups excluding carboxylic acids is 1. The van der Waals surface area contributed by atoms with Crippen molar-refractivity contribution in [1.82, 2.24) is 19.1 Å². The molecule has 0 saturated carbocycles. The molecule has 32 heavy (non-hydrogen) atoms. The van der Waals surface area contributed by atoms with Crippen LogP contribution in [0.2, 0.25) is 0 Å². The number of benzene rings is 2. The molecule has 1 aromatic heterocycles. The molecule has 3 aromatic rings. The Bertz CT molecular complexity index is 1160. The monoisotopic (exact) mass is 471 g/mol. The van der Waals surface area contributed by atoms with Crippen LogP contribution in [-0.4, -0.2) is 51.7 Å². The summed E-state index contributed by atoms with van der Waals surface area (Å²) in [4.78, 5) is 12.9. The lowest BCUT2D eigenvalue weighted by atomic mass is 10.2. The smallest absolute Gasteiger partial charge is 0.243 e. The Kier molecular flexibility index (Phi) is 6.92. The average molecular weight is 472 g/mol. The topological polar surface area (TPSA) is 97.2 Å². The minimum atomic E-state index is -3.49. The summed E-state index contributed by atoms with van der Waals surface area (Å²) in [5.74, 6) is -0.204. The number of piperidine rings is 1. The highest BCUT2D eigenvalue weighted by atomic mass is 32.2. The quantitative estimate of drug-likeness (QED) is 0.529. The molecule has 1 aliphatic heterocycles. The van der Waals surface area contributed by atoms with Gasteiger partial charge in [0.2, 0.25) is 15.9 Å². The zero-order valence-electron chi connectivity index (χ0n) is 17.7. The van der Waals surface area contributed by atoms with Crippen LogP contribution >= 0.6 is 11.8 Å². The highest BCUT2D eigenvalue weighted by Gasteiger charge is 2.26. The van der Waals surface area contributed by atoms with Gasteiger partial charge in [0.15, 0.2) is 5.16 Å². The maximum Gasteiger partial charge on any atom is 0.243 e. The molecular weight excluding hydrogens is 446 g/mol. The van der Waals surface area contributed by atoms with Crippen molar-refractivity contribution >= 4 is 33.4 Å². The lowest BCUT2D eigenvalue weighted by molar-refractivity contribution is -0.115. The Labute approximate surface area is 192 Å². The van der Waals surface area contributed by atoms with Crippen molar-refractivity contribution in [2.75, 3.05) is 18.4 Å². The zero-order valence-corrected chi connectivity index (χ0v) is 19.3. The fourth-order valence-corrected chi connectivity index (χ4v) is 5.85. The van der Waals surface area contributed by atoms with Gasteiger partial charge in [0, 0.05) is 24.5 Å². The van der Waals surface area contributed by atoms with Gasteiger partial charge in [-0.2, -0.15) is 4.31 Å². The molecule has 1 saturated heterocycles. The van der Waals surface area contributed by atoms with E-state index in [0.717, 1.165) is 24.9 Å². The standard InChI is InChI=1S/C22H25N5O3S2/c1-17(31-22-25-23-16-27(22)19-8-4-2-5-9-19)21(28)24-18-10-12-20(13-11-18)32(29,30)26-14-6-3-7-15-26/h2,4-5,8-13,16-17H,3,6-7,14-15H2,1H3,(H,24,28). The molecule has 4 rings (SSSR count). The molecular formula is C22H25N5O3S2. The van der Waals surface area contributed by atoms with E-state index in [2.05, 4.69) is 15.5 Å². The summed E-state index contributed by atoms with van der Waals surface area (Å²) in [5.41, 5.74) is 1.46. The number of nitrogens with one attached hydrogen (secondary N) is 1. The van der Waals surface area contributed by atoms with E-state index in [1.165, 1.54) is 16.1 Å². The summed E-state index contributed by atoms with van der Waals surface area (Å²) < 4.78 is 28.9. The number of para-hydroxylation sites is 1. The van der Waals surface area contributed by atoms with Crippen LogP contribution < -0.4 is 5.32 Å². The predicted molar refractivity (Wildman–Crippen MR) is 124 cm³/mol. The normalized spacial score (nSPS) is 15.9. The average Bonchev–Trinajstić information content (AvgIpc) is 3.28. The minimum Gasteiger partial charge on any atom is -0.325 e. The molecule has 0 radical (unpaired) electrons. The molecule has 2 heterocycles. The first kappa shape index (κ1) is 22.5. The lowest BCUT2D eigenvalue weighted by Gasteiger charge is -2.25. The lowest BCUT2D eigenvalue weighted by Crippen LogP contribution is -2.35. The Morgan fingerprint density at radius 1 is 1.03 bits per heavy atom. The van der Waals surface area contributed by atoms with Gasteiger partial charge in [0.1, 0.15) is 6.33 Å². The number of sulfonamides is 1. The largest absolute Gasteiger partial charge is 0.325 e. The third-order valence-corrected chi connectivity index (χ3v) is 8.25. The fraction of sp³-hybridized carbons (Fsp3) is 0.318. The van der Waals surface area contributed by atoms with Crippen molar-refractivity contribution in [2.45, 2.75) is 41.5 Å². The molecule has 1 aliphatic rings. The number of aromatic nitrogens is 3. The van der Waals surface area contributed by atoms with Crippen LogP contribution in [0.1, 0.15) is 26.2 Å². The first-order valence-electron chi connectivity index (χ1n) is 10.5. The van der Waals surface area contributed by atoms with E-state index in [1.54, 1.807) is 37.5 Å². The molecule has 1 unspecified atom stereocenters. The van der Waals surface area contributed by atoms with Gasteiger partial charge < -0.3 is 5.32 Å². The molecule has 1 N–H and O–H groups in total. The van der Waals surface area contributed by atoms with Crippen LogP contribution in [0.25, 0.3) is 5.69 Å². The number of carbonyl (C=O) groups is 1. The third-order valence-electron chi connectivity index (χ3n) is 5.28. The van der Waals surface area contributed by atoms with E-state index in [4.69, 9.17) is 0 Å². The zero-order chi connectivity index (χ0) is 22.6. The van der Waals surface area contributed by atoms with Gasteiger partial charge in [-0.05, 0) is 56.2 Å². The second-order valence-electron chi connectivity index (χ2n) is 7.56.